The maximum absolute atomic E-state index is 13.3. The van der Waals surface area contributed by atoms with Crippen LogP contribution in [0.25, 0.3) is 0 Å². The smallest absolute Gasteiger partial charge is 0.242 e. The topological polar surface area (TPSA) is 107 Å². The molecule has 0 aromatic heterocycles. The second kappa shape index (κ2) is 42.5. The normalized spacial score (nSPS) is 13.3. The average Bonchev–Trinajstić information content (AvgIpc) is 3.36. The number of rotatable bonds is 46. The van der Waals surface area contributed by atoms with Gasteiger partial charge in [0.25, 0.3) is 0 Å². The fourth-order valence-electron chi connectivity index (χ4n) is 9.12. The summed E-state index contributed by atoms with van der Waals surface area (Å²) in [6, 6.07) is 15.0. The summed E-state index contributed by atoms with van der Waals surface area (Å²) >= 11 is 0. The van der Waals surface area contributed by atoms with Gasteiger partial charge in [0.15, 0.2) is 0 Å². The molecule has 388 valence electrons. The summed E-state index contributed by atoms with van der Waals surface area (Å²) in [6.45, 7) is 14.6. The van der Waals surface area contributed by atoms with Crippen molar-refractivity contribution in [1.29, 1.82) is 0 Å². The van der Waals surface area contributed by atoms with Crippen molar-refractivity contribution in [3.05, 3.63) is 48.5 Å². The summed E-state index contributed by atoms with van der Waals surface area (Å²) in [5.41, 5.74) is 3.27. The van der Waals surface area contributed by atoms with Gasteiger partial charge in [-0.15, -0.1) is 0 Å². The van der Waals surface area contributed by atoms with Gasteiger partial charge >= 0.3 is 0 Å². The highest BCUT2D eigenvalue weighted by Gasteiger charge is 2.25. The Bertz CT molecular complexity index is 1380. The van der Waals surface area contributed by atoms with Crippen molar-refractivity contribution >= 4 is 34.6 Å². The summed E-state index contributed by atoms with van der Waals surface area (Å²) in [4.78, 5) is 26.6. The lowest BCUT2D eigenvalue weighted by Crippen LogP contribution is -2.44. The van der Waals surface area contributed by atoms with Crippen LogP contribution < -0.4 is 21.3 Å². The van der Waals surface area contributed by atoms with Gasteiger partial charge in [-0.1, -0.05) is 247 Å². The monoisotopic (exact) mass is 943 g/mol. The Hall–Kier alpha value is -3.42. The van der Waals surface area contributed by atoms with Gasteiger partial charge in [-0.05, 0) is 73.2 Å². The molecule has 0 fully saturated rings. The molecule has 0 aliphatic heterocycles. The van der Waals surface area contributed by atoms with E-state index in [-0.39, 0.29) is 35.7 Å². The number of azo groups is 1. The number of anilines is 2. The SMILES string of the molecule is CCCCCCCCCCCCCCCCCCNC(=O)[C@@H](Nc1ccc(N=Nc2ccc(N[C@H](C(=O)NCCCCCCCCCCCCCCCCCC)[C@@H](C)CC)cc2)cc1)[C@@H](C)CC. The highest BCUT2D eigenvalue weighted by Crippen LogP contribution is 2.25. The Morgan fingerprint density at radius 1 is 0.368 bits per heavy atom. The second-order valence-electron chi connectivity index (χ2n) is 20.5. The third-order valence-electron chi connectivity index (χ3n) is 14.3. The minimum absolute atomic E-state index is 0.0729. The minimum atomic E-state index is -0.296. The minimum Gasteiger partial charge on any atom is -0.373 e. The molecule has 0 aliphatic rings. The van der Waals surface area contributed by atoms with E-state index in [2.05, 4.69) is 73.0 Å². The molecule has 4 N–H and O–H groups in total. The van der Waals surface area contributed by atoms with E-state index in [4.69, 9.17) is 0 Å². The number of nitrogens with one attached hydrogen (secondary N) is 4. The second-order valence-corrected chi connectivity index (χ2v) is 20.5. The van der Waals surface area contributed by atoms with Crippen molar-refractivity contribution in [3.8, 4) is 0 Å². The number of hydrogen-bond donors (Lipinski definition) is 4. The number of carbonyl (C=O) groups excluding carboxylic acids is 2. The highest BCUT2D eigenvalue weighted by molar-refractivity contribution is 5.85. The van der Waals surface area contributed by atoms with E-state index in [1.54, 1.807) is 0 Å². The van der Waals surface area contributed by atoms with Crippen LogP contribution in [-0.4, -0.2) is 37.0 Å². The lowest BCUT2D eigenvalue weighted by molar-refractivity contribution is -0.123. The van der Waals surface area contributed by atoms with Crippen LogP contribution in [0.4, 0.5) is 22.7 Å². The molecule has 8 heteroatoms. The molecule has 0 bridgehead atoms. The third-order valence-corrected chi connectivity index (χ3v) is 14.3. The van der Waals surface area contributed by atoms with Gasteiger partial charge in [-0.2, -0.15) is 10.2 Å². The van der Waals surface area contributed by atoms with Crippen LogP contribution in [0.2, 0.25) is 0 Å². The van der Waals surface area contributed by atoms with E-state index in [9.17, 15) is 9.59 Å². The van der Waals surface area contributed by atoms with Gasteiger partial charge in [0, 0.05) is 24.5 Å². The molecule has 0 saturated heterocycles. The predicted octanol–water partition coefficient (Wildman–Crippen LogP) is 18.5. The lowest BCUT2D eigenvalue weighted by atomic mass is 9.98. The molecule has 0 saturated carbocycles. The van der Waals surface area contributed by atoms with E-state index in [1.807, 2.05) is 48.5 Å². The van der Waals surface area contributed by atoms with Crippen molar-refractivity contribution < 1.29 is 9.59 Å². The van der Waals surface area contributed by atoms with Crippen LogP contribution in [0.5, 0.6) is 0 Å². The van der Waals surface area contributed by atoms with E-state index < -0.39 is 0 Å². The summed E-state index contributed by atoms with van der Waals surface area (Å²) in [5, 5.41) is 22.4. The zero-order valence-electron chi connectivity index (χ0n) is 45.1. The van der Waals surface area contributed by atoms with Crippen molar-refractivity contribution in [2.24, 2.45) is 22.1 Å². The first-order chi connectivity index (χ1) is 33.3. The number of amides is 2. The van der Waals surface area contributed by atoms with Crippen molar-refractivity contribution in [2.75, 3.05) is 23.7 Å². The van der Waals surface area contributed by atoms with E-state index in [1.165, 1.54) is 193 Å². The number of nitrogens with zero attached hydrogens (tertiary/aromatic N) is 2. The number of carbonyl (C=O) groups is 2. The maximum Gasteiger partial charge on any atom is 0.242 e. The van der Waals surface area contributed by atoms with Gasteiger partial charge in [-0.25, -0.2) is 0 Å². The summed E-state index contributed by atoms with van der Waals surface area (Å²) in [5.74, 6) is 0.536. The molecular weight excluding hydrogens is 837 g/mol. The third kappa shape index (κ3) is 30.9. The highest BCUT2D eigenvalue weighted by atomic mass is 16.2. The molecule has 0 unspecified atom stereocenters. The number of hydrogen-bond acceptors (Lipinski definition) is 6. The Balaban J connectivity index is 1.65. The zero-order chi connectivity index (χ0) is 49.1. The largest absolute Gasteiger partial charge is 0.373 e. The molecule has 0 heterocycles. The fraction of sp³-hybridized carbons (Fsp3) is 0.767. The zero-order valence-corrected chi connectivity index (χ0v) is 45.1. The predicted molar refractivity (Wildman–Crippen MR) is 296 cm³/mol. The number of unbranched alkanes of at least 4 members (excludes halogenated alkanes) is 30. The first kappa shape index (κ1) is 60.7. The molecule has 4 atom stereocenters. The Kier molecular flexibility index (Phi) is 37.9. The average molecular weight is 944 g/mol. The molecule has 8 nitrogen and oxygen atoms in total. The Labute approximate surface area is 419 Å². The van der Waals surface area contributed by atoms with E-state index >= 15 is 0 Å². The summed E-state index contributed by atoms with van der Waals surface area (Å²) in [7, 11) is 0. The van der Waals surface area contributed by atoms with E-state index in [0.29, 0.717) is 0 Å². The van der Waals surface area contributed by atoms with Gasteiger partial charge in [0.1, 0.15) is 12.1 Å². The van der Waals surface area contributed by atoms with Gasteiger partial charge in [-0.3, -0.25) is 9.59 Å². The van der Waals surface area contributed by atoms with Crippen molar-refractivity contribution in [2.45, 2.75) is 272 Å². The standard InChI is InChI=1S/C60H106N6O2/c1-7-11-13-15-17-19-21-23-25-27-29-31-33-35-37-39-49-61-59(67)57(51(5)9-3)63-53-41-45-55(46-42-53)65-66-56-47-43-54(44-48-56)64-58(52(6)10-4)60(68)62-50-40-38-36-34-32-30-28-26-24-22-20-18-16-14-12-8-2/h41-48,51-52,57-58,63-64H,7-40,49-50H2,1-6H3,(H,61,67)(H,62,68)/t51-,52-,57-,58-/m0/s1. The Morgan fingerprint density at radius 2 is 0.603 bits per heavy atom. The molecule has 0 aliphatic carbocycles. The van der Waals surface area contributed by atoms with Crippen LogP contribution in [0.15, 0.2) is 58.8 Å². The van der Waals surface area contributed by atoms with Crippen LogP contribution in [0, 0.1) is 11.8 Å². The van der Waals surface area contributed by atoms with Crippen LogP contribution in [-0.2, 0) is 9.59 Å². The van der Waals surface area contributed by atoms with Crippen LogP contribution in [0.3, 0.4) is 0 Å². The van der Waals surface area contributed by atoms with Crippen molar-refractivity contribution in [3.63, 3.8) is 0 Å². The lowest BCUT2D eigenvalue weighted by Gasteiger charge is -2.24. The molecule has 2 amide bonds. The van der Waals surface area contributed by atoms with Crippen LogP contribution in [0.1, 0.15) is 260 Å². The molecular formula is C60H106N6O2. The summed E-state index contributed by atoms with van der Waals surface area (Å²) < 4.78 is 0. The molecule has 0 spiro atoms. The maximum atomic E-state index is 13.3. The first-order valence-corrected chi connectivity index (χ1v) is 29.0. The quantitative estimate of drug-likeness (QED) is 0.0392. The molecule has 68 heavy (non-hydrogen) atoms. The van der Waals surface area contributed by atoms with E-state index in [0.717, 1.165) is 61.5 Å². The molecule has 0 radical (unpaired) electrons. The van der Waals surface area contributed by atoms with Gasteiger partial charge < -0.3 is 21.3 Å². The van der Waals surface area contributed by atoms with Gasteiger partial charge in [0.2, 0.25) is 11.8 Å². The van der Waals surface area contributed by atoms with Crippen molar-refractivity contribution in [1.82, 2.24) is 10.6 Å². The summed E-state index contributed by atoms with van der Waals surface area (Å²) in [6.07, 6.45) is 44.9. The van der Waals surface area contributed by atoms with Gasteiger partial charge in [0.05, 0.1) is 11.4 Å². The molecule has 2 aromatic rings. The molecule has 2 aromatic carbocycles. The Morgan fingerprint density at radius 3 is 0.838 bits per heavy atom. The van der Waals surface area contributed by atoms with Crippen LogP contribution >= 0.6 is 0 Å². The molecule has 2 rings (SSSR count). The first-order valence-electron chi connectivity index (χ1n) is 29.0. The number of benzene rings is 2. The fourth-order valence-corrected chi connectivity index (χ4v) is 9.12.